The third-order valence-electron chi connectivity index (χ3n) is 5.29. The summed E-state index contributed by atoms with van der Waals surface area (Å²) in [7, 11) is 0. The van der Waals surface area contributed by atoms with Crippen LogP contribution in [0.3, 0.4) is 0 Å². The number of benzene rings is 2. The molecule has 166 valence electrons. The molecule has 1 atom stereocenters. The third kappa shape index (κ3) is 4.66. The molecule has 0 saturated heterocycles. The van der Waals surface area contributed by atoms with Crippen LogP contribution in [0.4, 0.5) is 23.2 Å². The lowest BCUT2D eigenvalue weighted by molar-refractivity contribution is -0.260. The van der Waals surface area contributed by atoms with Gasteiger partial charge in [-0.05, 0) is 41.7 Å². The molecule has 9 heteroatoms. The van der Waals surface area contributed by atoms with E-state index in [9.17, 15) is 32.6 Å². The summed E-state index contributed by atoms with van der Waals surface area (Å²) in [5.74, 6) is -1.22. The summed E-state index contributed by atoms with van der Waals surface area (Å²) in [5.41, 5.74) is -3.98. The Morgan fingerprint density at radius 3 is 2.42 bits per heavy atom. The number of nitrogens with one attached hydrogen (secondary N) is 2. The number of phenols is 1. The maximum Gasteiger partial charge on any atom is 0.418 e. The molecule has 0 fully saturated rings. The quantitative estimate of drug-likeness (QED) is 0.429. The SMILES string of the molecule is CC(C)(CC(O)(CNc1ccc2[nH]ccc(=O)c2c1)C(F)(F)F)c1ccc(F)cc1O. The summed E-state index contributed by atoms with van der Waals surface area (Å²) in [5, 5.41) is 23.5. The van der Waals surface area contributed by atoms with Crippen molar-refractivity contribution in [1.29, 1.82) is 0 Å². The molecule has 1 heterocycles. The predicted octanol–water partition coefficient (Wildman–Crippen LogP) is 4.45. The smallest absolute Gasteiger partial charge is 0.418 e. The minimum atomic E-state index is -5.00. The zero-order valence-corrected chi connectivity index (χ0v) is 16.8. The van der Waals surface area contributed by atoms with E-state index in [1.54, 1.807) is 6.07 Å². The zero-order valence-electron chi connectivity index (χ0n) is 16.8. The number of hydrogen-bond acceptors (Lipinski definition) is 4. The average Bonchev–Trinajstić information content (AvgIpc) is 2.65. The van der Waals surface area contributed by atoms with Crippen LogP contribution in [0, 0.1) is 5.82 Å². The average molecular weight is 438 g/mol. The van der Waals surface area contributed by atoms with Gasteiger partial charge in [0.25, 0.3) is 0 Å². The largest absolute Gasteiger partial charge is 0.508 e. The van der Waals surface area contributed by atoms with Crippen molar-refractivity contribution in [3.63, 3.8) is 0 Å². The second-order valence-corrected chi connectivity index (χ2v) is 8.21. The van der Waals surface area contributed by atoms with E-state index in [-0.39, 0.29) is 16.7 Å². The molecule has 31 heavy (non-hydrogen) atoms. The number of halogens is 4. The van der Waals surface area contributed by atoms with E-state index < -0.39 is 41.7 Å². The van der Waals surface area contributed by atoms with Gasteiger partial charge in [-0.3, -0.25) is 4.79 Å². The molecule has 3 rings (SSSR count). The number of pyridine rings is 1. The van der Waals surface area contributed by atoms with Gasteiger partial charge in [0.2, 0.25) is 0 Å². The molecule has 2 aromatic carbocycles. The maximum atomic E-state index is 13.9. The van der Waals surface area contributed by atoms with Crippen molar-refractivity contribution in [3.8, 4) is 5.75 Å². The van der Waals surface area contributed by atoms with Crippen molar-refractivity contribution in [2.24, 2.45) is 0 Å². The first-order chi connectivity index (χ1) is 14.3. The first kappa shape index (κ1) is 22.6. The van der Waals surface area contributed by atoms with Gasteiger partial charge >= 0.3 is 6.18 Å². The molecule has 0 aliphatic heterocycles. The van der Waals surface area contributed by atoms with Gasteiger partial charge in [0.05, 0.1) is 6.54 Å². The fourth-order valence-corrected chi connectivity index (χ4v) is 3.70. The Morgan fingerprint density at radius 2 is 1.77 bits per heavy atom. The van der Waals surface area contributed by atoms with Crippen molar-refractivity contribution in [2.45, 2.75) is 37.5 Å². The van der Waals surface area contributed by atoms with Crippen LogP contribution in [0.5, 0.6) is 5.75 Å². The Labute approximate surface area is 175 Å². The van der Waals surface area contributed by atoms with Gasteiger partial charge in [0, 0.05) is 34.9 Å². The molecule has 0 aliphatic carbocycles. The lowest BCUT2D eigenvalue weighted by Crippen LogP contribution is -2.53. The molecule has 0 radical (unpaired) electrons. The Morgan fingerprint density at radius 1 is 1.06 bits per heavy atom. The number of alkyl halides is 3. The first-order valence-corrected chi connectivity index (χ1v) is 9.46. The lowest BCUT2D eigenvalue weighted by Gasteiger charge is -2.38. The maximum absolute atomic E-state index is 13.9. The normalized spacial score (nSPS) is 14.4. The van der Waals surface area contributed by atoms with Gasteiger partial charge in [-0.15, -0.1) is 0 Å². The van der Waals surface area contributed by atoms with Crippen LogP contribution in [0.2, 0.25) is 0 Å². The van der Waals surface area contributed by atoms with Crippen LogP contribution >= 0.6 is 0 Å². The van der Waals surface area contributed by atoms with Crippen LogP contribution in [0.1, 0.15) is 25.8 Å². The van der Waals surface area contributed by atoms with Crippen LogP contribution in [0.15, 0.2) is 53.5 Å². The van der Waals surface area contributed by atoms with Crippen molar-refractivity contribution in [2.75, 3.05) is 11.9 Å². The van der Waals surface area contributed by atoms with Gasteiger partial charge in [-0.25, -0.2) is 4.39 Å². The van der Waals surface area contributed by atoms with E-state index in [0.29, 0.717) is 10.9 Å². The lowest BCUT2D eigenvalue weighted by atomic mass is 9.74. The topological polar surface area (TPSA) is 85.4 Å². The van der Waals surface area contributed by atoms with Crippen LogP contribution in [-0.2, 0) is 5.41 Å². The highest BCUT2D eigenvalue weighted by atomic mass is 19.4. The Balaban J connectivity index is 1.89. The molecule has 1 aromatic heterocycles. The summed E-state index contributed by atoms with van der Waals surface area (Å²) in [6.07, 6.45) is -4.34. The monoisotopic (exact) mass is 438 g/mol. The number of hydrogen-bond donors (Lipinski definition) is 4. The van der Waals surface area contributed by atoms with Gasteiger partial charge in [0.1, 0.15) is 11.6 Å². The molecule has 3 aromatic rings. The fraction of sp³-hybridized carbons (Fsp3) is 0.318. The highest BCUT2D eigenvalue weighted by Crippen LogP contribution is 2.43. The molecule has 4 N–H and O–H groups in total. The van der Waals surface area contributed by atoms with Crippen molar-refractivity contribution in [1.82, 2.24) is 4.98 Å². The number of rotatable bonds is 6. The van der Waals surface area contributed by atoms with Crippen LogP contribution < -0.4 is 10.7 Å². The number of H-pyrrole nitrogens is 1. The molecule has 0 bridgehead atoms. The second kappa shape index (κ2) is 7.88. The van der Waals surface area contributed by atoms with E-state index >= 15 is 0 Å². The second-order valence-electron chi connectivity index (χ2n) is 8.21. The van der Waals surface area contributed by atoms with Gasteiger partial charge in [0.15, 0.2) is 11.0 Å². The molecule has 1 unspecified atom stereocenters. The number of fused-ring (bicyclic) bond motifs is 1. The fourth-order valence-electron chi connectivity index (χ4n) is 3.70. The van der Waals surface area contributed by atoms with Crippen molar-refractivity contribution < 1.29 is 27.8 Å². The Kier molecular flexibility index (Phi) is 5.75. The Bertz CT molecular complexity index is 1160. The van der Waals surface area contributed by atoms with Crippen molar-refractivity contribution in [3.05, 3.63) is 70.3 Å². The molecule has 0 amide bonds. The van der Waals surface area contributed by atoms with E-state index in [0.717, 1.165) is 12.1 Å². The minimum Gasteiger partial charge on any atom is -0.508 e. The molecule has 0 saturated carbocycles. The molecular weight excluding hydrogens is 416 g/mol. The number of aromatic nitrogens is 1. The number of aromatic hydroxyl groups is 1. The standard InChI is InChI=1S/C22H22F4N2O3/c1-20(2,16-5-3-13(23)9-19(16)30)11-21(31,22(24,25)26)12-28-14-4-6-17-15(10-14)18(29)7-8-27-17/h3-10,28,30-31H,11-12H2,1-2H3,(H,27,29). The highest BCUT2D eigenvalue weighted by molar-refractivity contribution is 5.81. The summed E-state index contributed by atoms with van der Waals surface area (Å²) >= 11 is 0. The van der Waals surface area contributed by atoms with Crippen molar-refractivity contribution >= 4 is 16.6 Å². The molecule has 5 nitrogen and oxygen atoms in total. The summed E-state index contributed by atoms with van der Waals surface area (Å²) in [4.78, 5) is 14.8. The number of phenolic OH excluding ortho intramolecular Hbond substituents is 1. The third-order valence-corrected chi connectivity index (χ3v) is 5.29. The number of aliphatic hydroxyl groups is 1. The predicted molar refractivity (Wildman–Crippen MR) is 110 cm³/mol. The number of aromatic amines is 1. The minimum absolute atomic E-state index is 0.0776. The summed E-state index contributed by atoms with van der Waals surface area (Å²) in [6, 6.07) is 8.79. The molecular formula is C22H22F4N2O3. The van der Waals surface area contributed by atoms with Gasteiger partial charge in [-0.2, -0.15) is 13.2 Å². The van der Waals surface area contributed by atoms with E-state index in [2.05, 4.69) is 10.3 Å². The molecule has 0 spiro atoms. The van der Waals surface area contributed by atoms with Crippen LogP contribution in [0.25, 0.3) is 10.9 Å². The van der Waals surface area contributed by atoms with Crippen LogP contribution in [-0.4, -0.2) is 33.5 Å². The Hall–Kier alpha value is -3.07. The van der Waals surface area contributed by atoms with E-state index in [4.69, 9.17) is 0 Å². The van der Waals surface area contributed by atoms with Gasteiger partial charge in [-0.1, -0.05) is 19.9 Å². The first-order valence-electron chi connectivity index (χ1n) is 9.46. The van der Waals surface area contributed by atoms with Gasteiger partial charge < -0.3 is 20.5 Å². The van der Waals surface area contributed by atoms with E-state index in [1.807, 2.05) is 0 Å². The zero-order chi connectivity index (χ0) is 23.0. The van der Waals surface area contributed by atoms with E-state index in [1.165, 1.54) is 44.3 Å². The molecule has 0 aliphatic rings. The highest BCUT2D eigenvalue weighted by Gasteiger charge is 2.56. The summed E-state index contributed by atoms with van der Waals surface area (Å²) < 4.78 is 54.9. The number of anilines is 1. The summed E-state index contributed by atoms with van der Waals surface area (Å²) in [6.45, 7) is 1.95.